The highest BCUT2D eigenvalue weighted by Crippen LogP contribution is 2.65. The third-order valence-electron chi connectivity index (χ3n) is 8.61. The lowest BCUT2D eigenvalue weighted by molar-refractivity contribution is -0.158. The number of rotatable bonds is 2. The summed E-state index contributed by atoms with van der Waals surface area (Å²) in [6.45, 7) is 8.02. The fourth-order valence-corrected chi connectivity index (χ4v) is 7.39. The Balaban J connectivity index is 1.71. The van der Waals surface area contributed by atoms with Crippen molar-refractivity contribution in [3.05, 3.63) is 11.1 Å². The van der Waals surface area contributed by atoms with Gasteiger partial charge in [-0.3, -0.25) is 14.4 Å². The molecule has 0 N–H and O–H groups in total. The monoisotopic (exact) mass is 372 g/mol. The third-order valence-corrected chi connectivity index (χ3v) is 8.61. The van der Waals surface area contributed by atoms with E-state index in [-0.39, 0.29) is 34.5 Å². The number of carbonyl (C=O) groups is 3. The summed E-state index contributed by atoms with van der Waals surface area (Å²) in [6.07, 6.45) is 6.68. The molecule has 4 aliphatic carbocycles. The van der Waals surface area contributed by atoms with E-state index in [1.165, 1.54) is 6.92 Å². The highest BCUT2D eigenvalue weighted by atomic mass is 16.5. The van der Waals surface area contributed by atoms with Gasteiger partial charge in [0.15, 0.2) is 11.6 Å². The van der Waals surface area contributed by atoms with Crippen molar-refractivity contribution in [2.24, 2.45) is 28.6 Å². The largest absolute Gasteiger partial charge is 0.462 e. The van der Waals surface area contributed by atoms with Crippen molar-refractivity contribution < 1.29 is 19.1 Å². The molecule has 0 radical (unpaired) electrons. The van der Waals surface area contributed by atoms with E-state index >= 15 is 0 Å². The number of allylic oxidation sites excluding steroid dienone is 1. The minimum absolute atomic E-state index is 0.0111. The molecule has 0 heterocycles. The van der Waals surface area contributed by atoms with Crippen LogP contribution in [0.3, 0.4) is 0 Å². The van der Waals surface area contributed by atoms with E-state index in [9.17, 15) is 14.4 Å². The molecule has 3 fully saturated rings. The molecule has 148 valence electrons. The van der Waals surface area contributed by atoms with Crippen LogP contribution in [-0.4, -0.2) is 23.6 Å². The van der Waals surface area contributed by atoms with Gasteiger partial charge in [0.1, 0.15) is 6.10 Å². The Labute approximate surface area is 162 Å². The third kappa shape index (κ3) is 2.58. The SMILES string of the molecule is CCC1=C2C(=O)C[C@H]3[C@@H]4CC[C@H](OC(C)=O)[C@@]4(C)CC[C@@H]3[C@@]2(C)CCC1=O. The summed E-state index contributed by atoms with van der Waals surface area (Å²) < 4.78 is 5.69. The summed E-state index contributed by atoms with van der Waals surface area (Å²) in [5, 5.41) is 0. The van der Waals surface area contributed by atoms with Crippen LogP contribution in [0.5, 0.6) is 0 Å². The average molecular weight is 373 g/mol. The van der Waals surface area contributed by atoms with Gasteiger partial charge in [-0.2, -0.15) is 0 Å². The first-order chi connectivity index (χ1) is 12.7. The molecule has 0 amide bonds. The van der Waals surface area contributed by atoms with Crippen LogP contribution in [-0.2, 0) is 19.1 Å². The highest BCUT2D eigenvalue weighted by molar-refractivity contribution is 6.09. The molecule has 0 unspecified atom stereocenters. The zero-order chi connectivity index (χ0) is 19.6. The summed E-state index contributed by atoms with van der Waals surface area (Å²) in [5.41, 5.74) is 1.52. The molecule has 4 heteroatoms. The van der Waals surface area contributed by atoms with Crippen molar-refractivity contribution in [2.75, 3.05) is 0 Å². The smallest absolute Gasteiger partial charge is 0.302 e. The molecule has 0 aromatic carbocycles. The maximum atomic E-state index is 13.3. The van der Waals surface area contributed by atoms with Crippen molar-refractivity contribution in [3.8, 4) is 0 Å². The Morgan fingerprint density at radius 1 is 1.07 bits per heavy atom. The normalized spacial score (nSPS) is 43.9. The Bertz CT molecular complexity index is 735. The molecule has 4 rings (SSSR count). The summed E-state index contributed by atoms with van der Waals surface area (Å²) in [6, 6.07) is 0. The second kappa shape index (κ2) is 6.28. The topological polar surface area (TPSA) is 60.4 Å². The summed E-state index contributed by atoms with van der Waals surface area (Å²) in [5.74, 6) is 1.47. The van der Waals surface area contributed by atoms with Crippen molar-refractivity contribution in [1.29, 1.82) is 0 Å². The second-order valence-corrected chi connectivity index (χ2v) is 9.77. The lowest BCUT2D eigenvalue weighted by Crippen LogP contribution is -2.54. The predicted octanol–water partition coefficient (Wildman–Crippen LogP) is 4.41. The lowest BCUT2D eigenvalue weighted by atomic mass is 9.46. The molecule has 0 bridgehead atoms. The van der Waals surface area contributed by atoms with Gasteiger partial charge >= 0.3 is 5.97 Å². The van der Waals surface area contributed by atoms with Crippen molar-refractivity contribution >= 4 is 17.5 Å². The Morgan fingerprint density at radius 3 is 2.48 bits per heavy atom. The molecule has 0 aromatic rings. The van der Waals surface area contributed by atoms with Crippen molar-refractivity contribution in [1.82, 2.24) is 0 Å². The maximum absolute atomic E-state index is 13.3. The zero-order valence-corrected chi connectivity index (χ0v) is 17.1. The van der Waals surface area contributed by atoms with Gasteiger partial charge in [0.05, 0.1) is 0 Å². The minimum atomic E-state index is -0.195. The van der Waals surface area contributed by atoms with Crippen LogP contribution in [0.4, 0.5) is 0 Å². The van der Waals surface area contributed by atoms with Crippen LogP contribution >= 0.6 is 0 Å². The van der Waals surface area contributed by atoms with Crippen LogP contribution < -0.4 is 0 Å². The molecule has 3 saturated carbocycles. The number of esters is 1. The predicted molar refractivity (Wildman–Crippen MR) is 102 cm³/mol. The number of fused-ring (bicyclic) bond motifs is 5. The Morgan fingerprint density at radius 2 is 1.81 bits per heavy atom. The van der Waals surface area contributed by atoms with Gasteiger partial charge in [0.2, 0.25) is 0 Å². The van der Waals surface area contributed by atoms with Crippen LogP contribution in [0.25, 0.3) is 0 Å². The van der Waals surface area contributed by atoms with Gasteiger partial charge in [-0.15, -0.1) is 0 Å². The number of hydrogen-bond donors (Lipinski definition) is 0. The highest BCUT2D eigenvalue weighted by Gasteiger charge is 2.62. The first kappa shape index (κ1) is 18.9. The maximum Gasteiger partial charge on any atom is 0.302 e. The molecule has 4 aliphatic rings. The molecule has 4 nitrogen and oxygen atoms in total. The standard InChI is InChI=1S/C23H32O4/c1-5-14-18(25)9-11-23(4)17-8-10-22(3)16(6-7-20(22)27-13(2)24)15(17)12-19(26)21(14)23/h15-17,20H,5-12H2,1-4H3/t15-,16-,17-,20-,22-,23+/m0/s1. The van der Waals surface area contributed by atoms with Crippen molar-refractivity contribution in [3.63, 3.8) is 0 Å². The van der Waals surface area contributed by atoms with Crippen LogP contribution in [0.1, 0.15) is 79.1 Å². The first-order valence-electron chi connectivity index (χ1n) is 10.7. The minimum Gasteiger partial charge on any atom is -0.462 e. The van der Waals surface area contributed by atoms with Crippen LogP contribution in [0.15, 0.2) is 11.1 Å². The van der Waals surface area contributed by atoms with Gasteiger partial charge < -0.3 is 4.74 Å². The molecular weight excluding hydrogens is 340 g/mol. The van der Waals surface area contributed by atoms with E-state index in [1.807, 2.05) is 6.92 Å². The quantitative estimate of drug-likeness (QED) is 0.674. The fraction of sp³-hybridized carbons (Fsp3) is 0.783. The van der Waals surface area contributed by atoms with E-state index in [1.54, 1.807) is 0 Å². The van der Waals surface area contributed by atoms with Gasteiger partial charge in [0.25, 0.3) is 0 Å². The van der Waals surface area contributed by atoms with Gasteiger partial charge in [-0.1, -0.05) is 20.8 Å². The summed E-state index contributed by atoms with van der Waals surface area (Å²) in [7, 11) is 0. The molecule has 0 saturated heterocycles. The number of ketones is 2. The van der Waals surface area contributed by atoms with E-state index in [0.717, 1.165) is 43.3 Å². The lowest BCUT2D eigenvalue weighted by Gasteiger charge is -2.57. The molecule has 0 spiro atoms. The molecule has 0 aliphatic heterocycles. The zero-order valence-electron chi connectivity index (χ0n) is 17.1. The van der Waals surface area contributed by atoms with Gasteiger partial charge in [-0.05, 0) is 61.7 Å². The molecule has 0 aromatic heterocycles. The van der Waals surface area contributed by atoms with E-state index < -0.39 is 0 Å². The van der Waals surface area contributed by atoms with E-state index in [4.69, 9.17) is 4.74 Å². The van der Waals surface area contributed by atoms with E-state index in [0.29, 0.717) is 37.0 Å². The number of hydrogen-bond acceptors (Lipinski definition) is 4. The van der Waals surface area contributed by atoms with Crippen LogP contribution in [0.2, 0.25) is 0 Å². The van der Waals surface area contributed by atoms with Crippen LogP contribution in [0, 0.1) is 28.6 Å². The molecule has 6 atom stereocenters. The number of ether oxygens (including phenoxy) is 1. The first-order valence-corrected chi connectivity index (χ1v) is 10.7. The van der Waals surface area contributed by atoms with Gasteiger partial charge in [-0.25, -0.2) is 0 Å². The average Bonchev–Trinajstić information content (AvgIpc) is 2.92. The molecule has 27 heavy (non-hydrogen) atoms. The number of carbonyl (C=O) groups excluding carboxylic acids is 3. The Kier molecular flexibility index (Phi) is 4.40. The summed E-state index contributed by atoms with van der Waals surface area (Å²) in [4.78, 5) is 37.3. The Hall–Kier alpha value is -1.45. The number of Topliss-reactive ketones (excluding diaryl/α,β-unsaturated/α-hetero) is 2. The van der Waals surface area contributed by atoms with Crippen molar-refractivity contribution in [2.45, 2.75) is 85.2 Å². The molecular formula is C23H32O4. The fourth-order valence-electron chi connectivity index (χ4n) is 7.39. The van der Waals surface area contributed by atoms with Gasteiger partial charge in [0, 0.05) is 36.3 Å². The summed E-state index contributed by atoms with van der Waals surface area (Å²) >= 11 is 0. The van der Waals surface area contributed by atoms with E-state index in [2.05, 4.69) is 13.8 Å². The second-order valence-electron chi connectivity index (χ2n) is 9.77.